The molecule has 0 radical (unpaired) electrons. The van der Waals surface area contributed by atoms with Crippen molar-refractivity contribution in [3.63, 3.8) is 0 Å². The molecular weight excluding hydrogens is 612 g/mol. The van der Waals surface area contributed by atoms with Crippen molar-refractivity contribution in [2.24, 2.45) is 0 Å². The molecule has 138 valence electrons. The minimum atomic E-state index is -1.01. The molecule has 0 aliphatic heterocycles. The van der Waals surface area contributed by atoms with Crippen molar-refractivity contribution < 1.29 is 19.8 Å². The third-order valence-corrected chi connectivity index (χ3v) is 8.53. The summed E-state index contributed by atoms with van der Waals surface area (Å²) in [5.74, 6) is 0. The molecule has 0 amide bonds. The van der Waals surface area contributed by atoms with Crippen molar-refractivity contribution in [2.75, 3.05) is 0 Å². The third kappa shape index (κ3) is 3.32. The van der Waals surface area contributed by atoms with Crippen molar-refractivity contribution in [1.82, 2.24) is 0 Å². The highest BCUT2D eigenvalue weighted by atomic mass is 79.9. The van der Waals surface area contributed by atoms with Gasteiger partial charge in [0.1, 0.15) is 12.2 Å². The fourth-order valence-electron chi connectivity index (χ4n) is 3.01. The van der Waals surface area contributed by atoms with E-state index in [9.17, 15) is 20.2 Å². The molecule has 0 heterocycles. The van der Waals surface area contributed by atoms with E-state index in [1.165, 1.54) is 0 Å². The third-order valence-electron chi connectivity index (χ3n) is 4.01. The average molecular weight is 620 g/mol. The van der Waals surface area contributed by atoms with Gasteiger partial charge in [0.2, 0.25) is 0 Å². The van der Waals surface area contributed by atoms with Crippen LogP contribution in [0.4, 0.5) is 0 Å². The quantitative estimate of drug-likeness (QED) is 0.258. The van der Waals surface area contributed by atoms with E-state index in [-0.39, 0.29) is 0 Å². The van der Waals surface area contributed by atoms with Gasteiger partial charge in [0.15, 0.2) is 0 Å². The van der Waals surface area contributed by atoms with Gasteiger partial charge in [0, 0.05) is 20.1 Å². The Morgan fingerprint density at radius 1 is 0.808 bits per heavy atom. The summed E-state index contributed by atoms with van der Waals surface area (Å²) >= 11 is 13.7. The lowest BCUT2D eigenvalue weighted by molar-refractivity contribution is -0.776. The monoisotopic (exact) mass is 616 g/mol. The van der Waals surface area contributed by atoms with E-state index in [4.69, 9.17) is 9.68 Å². The number of hydrogen-bond acceptors (Lipinski definition) is 6. The topological polar surface area (TPSA) is 105 Å². The van der Waals surface area contributed by atoms with Gasteiger partial charge < -0.3 is 9.68 Å². The lowest BCUT2D eigenvalue weighted by Gasteiger charge is -2.38. The van der Waals surface area contributed by atoms with Crippen LogP contribution in [0.3, 0.4) is 0 Å². The van der Waals surface area contributed by atoms with Crippen LogP contribution in [0.25, 0.3) is 10.8 Å². The van der Waals surface area contributed by atoms with Gasteiger partial charge in [-0.25, -0.2) is 0 Å². The van der Waals surface area contributed by atoms with Crippen LogP contribution >= 0.6 is 63.7 Å². The predicted octanol–water partition coefficient (Wildman–Crippen LogP) is 5.40. The second-order valence-electron chi connectivity index (χ2n) is 5.39. The number of halogens is 4. The van der Waals surface area contributed by atoms with Gasteiger partial charge in [-0.05, 0) is 42.6 Å². The molecule has 0 N–H and O–H groups in total. The molecule has 12 heteroatoms. The van der Waals surface area contributed by atoms with Gasteiger partial charge in [-0.2, -0.15) is 0 Å². The Hall–Kier alpha value is -0.980. The summed E-state index contributed by atoms with van der Waals surface area (Å²) in [4.78, 5) is 30.6. The SMILES string of the molecule is O=[N+]([O-])OC1c2c(c(Br)c3ccccc3c2Br)C(O[N+](=O)[O-])[C@H](Br)[C@H]1Br. The Labute approximate surface area is 179 Å². The summed E-state index contributed by atoms with van der Waals surface area (Å²) < 4.78 is 1.11. The lowest BCUT2D eigenvalue weighted by atomic mass is 9.85. The highest BCUT2D eigenvalue weighted by molar-refractivity contribution is 9.12. The van der Waals surface area contributed by atoms with Crippen LogP contribution in [0.2, 0.25) is 0 Å². The van der Waals surface area contributed by atoms with E-state index in [1.807, 2.05) is 24.3 Å². The number of alkyl halides is 2. The van der Waals surface area contributed by atoms with Gasteiger partial charge in [0.25, 0.3) is 10.2 Å². The summed E-state index contributed by atoms with van der Waals surface area (Å²) in [7, 11) is 0. The summed E-state index contributed by atoms with van der Waals surface area (Å²) in [5.41, 5.74) is 0.827. The first-order valence-corrected chi connectivity index (χ1v) is 10.5. The fourth-order valence-corrected chi connectivity index (χ4v) is 5.85. The normalized spacial score (nSPS) is 24.8. The first-order valence-electron chi connectivity index (χ1n) is 7.04. The molecule has 2 unspecified atom stereocenters. The van der Waals surface area contributed by atoms with E-state index in [1.54, 1.807) is 0 Å². The van der Waals surface area contributed by atoms with Crippen molar-refractivity contribution >= 4 is 74.5 Å². The Morgan fingerprint density at radius 2 is 1.15 bits per heavy atom. The minimum Gasteiger partial charge on any atom is -0.305 e. The van der Waals surface area contributed by atoms with Crippen LogP contribution in [0.1, 0.15) is 23.3 Å². The molecule has 1 aliphatic carbocycles. The molecule has 1 aliphatic rings. The molecule has 2 aromatic carbocycles. The average Bonchev–Trinajstić information content (AvgIpc) is 2.58. The zero-order valence-electron chi connectivity index (χ0n) is 12.5. The highest BCUT2D eigenvalue weighted by Gasteiger charge is 2.47. The van der Waals surface area contributed by atoms with Crippen molar-refractivity contribution in [2.45, 2.75) is 21.9 Å². The summed E-state index contributed by atoms with van der Waals surface area (Å²) in [6.45, 7) is 0. The predicted molar refractivity (Wildman–Crippen MR) is 106 cm³/mol. The molecule has 2 aromatic rings. The molecule has 0 bridgehead atoms. The molecule has 4 atom stereocenters. The van der Waals surface area contributed by atoms with Gasteiger partial charge in [0.05, 0.1) is 9.65 Å². The van der Waals surface area contributed by atoms with Crippen LogP contribution in [0.15, 0.2) is 33.2 Å². The van der Waals surface area contributed by atoms with E-state index in [0.29, 0.717) is 20.1 Å². The first kappa shape index (κ1) is 19.8. The summed E-state index contributed by atoms with van der Waals surface area (Å²) in [6.07, 6.45) is -2.02. The maximum absolute atomic E-state index is 11.0. The second kappa shape index (κ2) is 7.56. The Balaban J connectivity index is 2.36. The number of nitrogens with zero attached hydrogens (tertiary/aromatic N) is 2. The largest absolute Gasteiger partial charge is 0.305 e. The molecule has 26 heavy (non-hydrogen) atoms. The highest BCUT2D eigenvalue weighted by Crippen LogP contribution is 2.53. The molecule has 0 fully saturated rings. The molecule has 0 saturated carbocycles. The van der Waals surface area contributed by atoms with Gasteiger partial charge in [-0.3, -0.25) is 0 Å². The van der Waals surface area contributed by atoms with Gasteiger partial charge in [-0.15, -0.1) is 20.2 Å². The van der Waals surface area contributed by atoms with Gasteiger partial charge in [-0.1, -0.05) is 56.1 Å². The van der Waals surface area contributed by atoms with Crippen molar-refractivity contribution in [3.05, 3.63) is 64.6 Å². The molecule has 0 aromatic heterocycles. The number of hydrogen-bond donors (Lipinski definition) is 0. The molecule has 3 rings (SSSR count). The fraction of sp³-hybridized carbons (Fsp3) is 0.286. The maximum atomic E-state index is 11.0. The number of fused-ring (bicyclic) bond motifs is 2. The first-order chi connectivity index (χ1) is 12.2. The van der Waals surface area contributed by atoms with Gasteiger partial charge >= 0.3 is 0 Å². The van der Waals surface area contributed by atoms with Crippen LogP contribution in [0, 0.1) is 20.2 Å². The van der Waals surface area contributed by atoms with Crippen molar-refractivity contribution in [1.29, 1.82) is 0 Å². The molecular formula is C14H8Br4N2O6. The Bertz CT molecular complexity index is 838. The van der Waals surface area contributed by atoms with Crippen LogP contribution < -0.4 is 0 Å². The second-order valence-corrected chi connectivity index (χ2v) is 9.09. The molecule has 8 nitrogen and oxygen atoms in total. The van der Waals surface area contributed by atoms with Crippen LogP contribution in [0.5, 0.6) is 0 Å². The zero-order chi connectivity index (χ0) is 19.2. The Kier molecular flexibility index (Phi) is 5.75. The summed E-state index contributed by atoms with van der Waals surface area (Å²) in [5, 5.41) is 21.9. The molecule has 0 spiro atoms. The number of rotatable bonds is 4. The van der Waals surface area contributed by atoms with E-state index in [2.05, 4.69) is 63.7 Å². The Morgan fingerprint density at radius 3 is 1.46 bits per heavy atom. The zero-order valence-corrected chi connectivity index (χ0v) is 18.8. The van der Waals surface area contributed by atoms with E-state index >= 15 is 0 Å². The lowest BCUT2D eigenvalue weighted by Crippen LogP contribution is -2.39. The van der Waals surface area contributed by atoms with Crippen molar-refractivity contribution in [3.8, 4) is 0 Å². The molecule has 0 saturated heterocycles. The standard InChI is InChI=1S/C14H8Br4N2O6/c15-9-5-3-1-2-4-6(5)10(16)8-7(9)13(25-19(21)22)11(17)12(18)14(8)26-20(23)24/h1-4,11-14H/t11-,12-,13?,14?/m1/s1. The maximum Gasteiger partial charge on any atom is 0.295 e. The van der Waals surface area contributed by atoms with E-state index < -0.39 is 32.0 Å². The van der Waals surface area contributed by atoms with Crippen LogP contribution in [-0.2, 0) is 9.68 Å². The summed E-state index contributed by atoms with van der Waals surface area (Å²) in [6, 6.07) is 7.31. The smallest absolute Gasteiger partial charge is 0.295 e. The minimum absolute atomic E-state index is 0.414. The van der Waals surface area contributed by atoms with Crippen LogP contribution in [-0.4, -0.2) is 19.8 Å². The van der Waals surface area contributed by atoms with E-state index in [0.717, 1.165) is 10.8 Å². The number of benzene rings is 2.